The van der Waals surface area contributed by atoms with Gasteiger partial charge in [0.2, 0.25) is 94.5 Å². The number of nitrogens with two attached hydrogens (primary N) is 3. The molecule has 0 aliphatic carbocycles. The summed E-state index contributed by atoms with van der Waals surface area (Å²) < 4.78 is 0. The number of rotatable bonds is 21. The van der Waals surface area contributed by atoms with Gasteiger partial charge in [-0.3, -0.25) is 76.7 Å². The number of hydrogen-bond acceptors (Lipinski definition) is 20. The van der Waals surface area contributed by atoms with Crippen molar-refractivity contribution in [2.45, 2.75) is 236 Å². The van der Waals surface area contributed by atoms with E-state index < -0.39 is 212 Å². The Morgan fingerprint density at radius 2 is 0.984 bits per heavy atom. The summed E-state index contributed by atoms with van der Waals surface area (Å²) in [6.45, 7) is 9.51. The maximum atomic E-state index is 15.7. The van der Waals surface area contributed by atoms with Gasteiger partial charge in [0.05, 0.1) is 25.6 Å². The predicted octanol–water partition coefficient (Wildman–Crippen LogP) is -1.04. The van der Waals surface area contributed by atoms with Crippen LogP contribution in [-0.2, 0) is 96.0 Å². The minimum Gasteiger partial charge on any atom is -0.508 e. The second-order valence-corrected chi connectivity index (χ2v) is 33.7. The van der Waals surface area contributed by atoms with E-state index in [1.165, 1.54) is 69.2 Å². The number of H-pyrrole nitrogens is 2. The number of nitrogens with zero attached hydrogens (tertiary/aromatic N) is 6. The molecule has 682 valence electrons. The van der Waals surface area contributed by atoms with Gasteiger partial charge in [0.1, 0.15) is 84.3 Å². The number of primary amides is 1. The van der Waals surface area contributed by atoms with Gasteiger partial charge in [0, 0.05) is 108 Å². The van der Waals surface area contributed by atoms with Crippen LogP contribution < -0.4 is 65.1 Å². The molecule has 125 heavy (non-hydrogen) atoms. The molecule has 38 heteroatoms. The molecule has 5 heterocycles. The summed E-state index contributed by atoms with van der Waals surface area (Å²) in [4.78, 5) is 248. The number of aromatic amines is 2. The number of unbranched alkanes of at least 4 members (excludes halogenated alkanes) is 2. The van der Waals surface area contributed by atoms with Gasteiger partial charge >= 0.3 is 0 Å². The van der Waals surface area contributed by atoms with Gasteiger partial charge in [-0.15, -0.1) is 0 Å². The second-order valence-electron chi connectivity index (χ2n) is 33.7. The first kappa shape index (κ1) is 98.4. The zero-order valence-electron chi connectivity index (χ0n) is 73.2. The summed E-state index contributed by atoms with van der Waals surface area (Å²) in [5.41, 5.74) is 21.0. The second kappa shape index (κ2) is 46.1. The Bertz CT molecular complexity index is 4670. The molecule has 1 unspecified atom stereocenters. The number of aliphatic hydroxyl groups is 1. The normalized spacial score (nSPS) is 25.5. The van der Waals surface area contributed by atoms with Crippen molar-refractivity contribution < 1.29 is 86.9 Å². The van der Waals surface area contributed by atoms with Crippen molar-refractivity contribution >= 4 is 116 Å². The number of fused-ring (bicyclic) bond motifs is 4. The first-order chi connectivity index (χ1) is 59.4. The lowest BCUT2D eigenvalue weighted by Gasteiger charge is -2.36. The van der Waals surface area contributed by atoms with Gasteiger partial charge in [-0.05, 0) is 111 Å². The maximum Gasteiger partial charge on any atom is 0.246 e. The molecule has 3 aliphatic heterocycles. The number of amides is 16. The van der Waals surface area contributed by atoms with Gasteiger partial charge in [-0.2, -0.15) is 0 Å². The molecule has 3 fully saturated rings. The number of carbonyl (C=O) groups is 16. The molecule has 8 rings (SSSR count). The van der Waals surface area contributed by atoms with Crippen molar-refractivity contribution in [3.05, 3.63) is 102 Å². The molecular weight excluding hydrogens is 1610 g/mol. The van der Waals surface area contributed by atoms with Crippen molar-refractivity contribution in [1.29, 1.82) is 0 Å². The maximum absolute atomic E-state index is 15.7. The van der Waals surface area contributed by atoms with E-state index in [0.717, 1.165) is 19.6 Å². The third-order valence-corrected chi connectivity index (χ3v) is 23.2. The lowest BCUT2D eigenvalue weighted by atomic mass is 9.99. The van der Waals surface area contributed by atoms with Crippen LogP contribution in [0.25, 0.3) is 21.8 Å². The van der Waals surface area contributed by atoms with E-state index >= 15 is 33.6 Å². The molecule has 3 saturated heterocycles. The molecule has 3 aromatic carbocycles. The van der Waals surface area contributed by atoms with Crippen LogP contribution in [0.3, 0.4) is 0 Å². The molecule has 0 spiro atoms. The van der Waals surface area contributed by atoms with Crippen molar-refractivity contribution in [2.75, 3.05) is 67.5 Å². The van der Waals surface area contributed by atoms with Crippen LogP contribution in [0, 0.1) is 11.8 Å². The van der Waals surface area contributed by atoms with E-state index in [2.05, 4.69) is 57.8 Å². The number of phenolic OH excluding ortho intramolecular Hbond substituents is 1. The number of likely N-dealkylation sites (N-methyl/N-ethyl adjacent to an activating group) is 4. The number of para-hydroxylation sites is 2. The number of aromatic nitrogens is 2. The van der Waals surface area contributed by atoms with Gasteiger partial charge < -0.3 is 115 Å². The number of aliphatic hydroxyl groups excluding tert-OH is 1. The third kappa shape index (κ3) is 26.5. The summed E-state index contributed by atoms with van der Waals surface area (Å²) in [7, 11) is 5.38. The van der Waals surface area contributed by atoms with E-state index in [1.807, 2.05) is 45.9 Å². The largest absolute Gasteiger partial charge is 0.508 e. The Kier molecular flexibility index (Phi) is 36.3. The molecule has 16 amide bonds. The Morgan fingerprint density at radius 1 is 0.496 bits per heavy atom. The van der Waals surface area contributed by atoms with Gasteiger partial charge in [-0.1, -0.05) is 116 Å². The lowest BCUT2D eigenvalue weighted by Crippen LogP contribution is -2.61. The van der Waals surface area contributed by atoms with E-state index in [4.69, 9.17) is 17.2 Å². The zero-order valence-corrected chi connectivity index (χ0v) is 73.2. The first-order valence-electron chi connectivity index (χ1n) is 43.0. The molecule has 2 aromatic heterocycles. The number of phenols is 1. The fraction of sp³-hybridized carbons (Fsp3) is 0.563. The summed E-state index contributed by atoms with van der Waals surface area (Å²) >= 11 is 0. The van der Waals surface area contributed by atoms with E-state index in [0.29, 0.717) is 64.2 Å². The average Bonchev–Trinajstić information content (AvgIpc) is 1.80. The predicted molar refractivity (Wildman–Crippen MR) is 463 cm³/mol. The number of nitrogens with one attached hydrogen (secondary N) is 11. The smallest absolute Gasteiger partial charge is 0.246 e. The fourth-order valence-corrected chi connectivity index (χ4v) is 16.1. The Morgan fingerprint density at radius 3 is 1.57 bits per heavy atom. The van der Waals surface area contributed by atoms with E-state index in [9.17, 15) is 53.4 Å². The monoisotopic (exact) mass is 1740 g/mol. The van der Waals surface area contributed by atoms with E-state index in [-0.39, 0.29) is 101 Å². The molecule has 14 atom stereocenters. The van der Waals surface area contributed by atoms with Crippen LogP contribution in [0.2, 0.25) is 0 Å². The zero-order chi connectivity index (χ0) is 91.8. The van der Waals surface area contributed by atoms with Crippen molar-refractivity contribution in [3.63, 3.8) is 0 Å². The molecular formula is C87H126N20O18. The van der Waals surface area contributed by atoms with Crippen molar-refractivity contribution in [1.82, 2.24) is 87.2 Å². The molecule has 0 saturated carbocycles. The quantitative estimate of drug-likeness (QED) is 0.0417. The van der Waals surface area contributed by atoms with Crippen LogP contribution in [0.15, 0.2) is 85.2 Å². The SMILES string of the molecule is CCCC[C@H]1C(=O)N(C)[C@@H](CCCC)C(=O)N[C@@H](CC(C)C)C(=O)N(C)CC(=O)NCC(=O)N[C@@H](Cc2ccc(O)cc2)C(=O)N(C)[C@@H](C)C(=O)N[C@@H](CC(N)=O)C(=O)N2CCCC2C(=O)N[C@@H](CN)C(=O)N[C@@H](CC(C)C)C(=O)N2C[C@H](O)C[C@H]2C(=O)N[C@@H](Cc2c[nH]c3ccccc23)C(=O)N[C@@H](CCN)C(=O)N[C@@H](Cc2c[nH]c3ccccc23)C(=O)N1C. The third-order valence-electron chi connectivity index (χ3n) is 23.2. The topological polar surface area (TPSA) is 551 Å². The number of hydrogen-bond donors (Lipinski definition) is 16. The summed E-state index contributed by atoms with van der Waals surface area (Å²) in [5.74, 6) is -14.6. The van der Waals surface area contributed by atoms with Crippen LogP contribution in [0.4, 0.5) is 0 Å². The summed E-state index contributed by atoms with van der Waals surface area (Å²) in [6, 6.07) is 1.13. The van der Waals surface area contributed by atoms with Crippen LogP contribution >= 0.6 is 0 Å². The van der Waals surface area contributed by atoms with Crippen LogP contribution in [0.1, 0.15) is 149 Å². The number of aromatic hydroxyl groups is 1. The number of carbonyl (C=O) groups excluding carboxylic acids is 16. The van der Waals surface area contributed by atoms with Gasteiger partial charge in [0.25, 0.3) is 0 Å². The minimum atomic E-state index is -1.74. The lowest BCUT2D eigenvalue weighted by molar-refractivity contribution is -0.149. The van der Waals surface area contributed by atoms with Crippen LogP contribution in [0.5, 0.6) is 5.75 Å². The highest BCUT2D eigenvalue weighted by atomic mass is 16.3. The average molecular weight is 1740 g/mol. The Hall–Kier alpha value is -12.1. The Labute approximate surface area is 727 Å². The molecule has 5 aromatic rings. The molecule has 38 nitrogen and oxygen atoms in total. The van der Waals surface area contributed by atoms with Gasteiger partial charge in [-0.25, -0.2) is 0 Å². The van der Waals surface area contributed by atoms with E-state index in [1.54, 1.807) is 56.6 Å². The molecule has 0 radical (unpaired) electrons. The molecule has 3 aliphatic rings. The highest BCUT2D eigenvalue weighted by Gasteiger charge is 2.46. The highest BCUT2D eigenvalue weighted by molar-refractivity contribution is 6.02. The van der Waals surface area contributed by atoms with Crippen molar-refractivity contribution in [3.8, 4) is 5.75 Å². The van der Waals surface area contributed by atoms with Crippen molar-refractivity contribution in [2.24, 2.45) is 29.0 Å². The highest BCUT2D eigenvalue weighted by Crippen LogP contribution is 2.28. The first-order valence-corrected chi connectivity index (χ1v) is 43.0. The number of benzene rings is 3. The molecule has 0 bridgehead atoms. The minimum absolute atomic E-state index is 0.00880. The van der Waals surface area contributed by atoms with Crippen LogP contribution in [-0.4, -0.2) is 296 Å². The Balaban J connectivity index is 1.16. The standard InChI is InChI=1S/C87H126N20O18/c1-12-14-25-68-79(117)100-62(35-48(3)4)82(120)102(8)47-74(112)93-45-73(111)94-64(37-51-28-30-54(108)31-29-51)83(121)103(9)50(7)75(113)97-66(41-72(90)110)85(123)106-34-20-27-69(106)80(118)101-67(42-89)78(116)98-63(36-49(5)6)86(124)107-46-55(109)40-71(107)81(119)96-61(38-52-43-91-58-23-18-16-21-56(52)58)77(115)95-60(32-33-88)76(114)99-65(39-53-44-92-59-24-19-17-22-57(53)59)84(122)105(11)70(26-15-13-2)87(125)104(68)10/h16-19,21-24,28-31,43-44,48-50,55,60-71,91-92,108-109H,12-15,20,25-27,32-42,45-47,88-89H2,1-11H3,(H2,90,110)(H,93,112)(H,94,111)(H,95,115)(H,96,119)(H,97,113)(H,98,116)(H,99,114)(H,100,117)(H,101,118)/t50-,55+,60-,61-,62-,63-,64-,65-,66-,67-,68-,69?,70-,71-/m0/s1. The summed E-state index contributed by atoms with van der Waals surface area (Å²) in [5, 5.41) is 47.0. The summed E-state index contributed by atoms with van der Waals surface area (Å²) in [6.07, 6.45) is 2.33. The molecule has 19 N–H and O–H groups in total. The fourth-order valence-electron chi connectivity index (χ4n) is 16.1. The van der Waals surface area contributed by atoms with Gasteiger partial charge in [0.15, 0.2) is 0 Å².